The Bertz CT molecular complexity index is 811. The summed E-state index contributed by atoms with van der Waals surface area (Å²) in [6.07, 6.45) is 2.66. The van der Waals surface area contributed by atoms with Crippen LogP contribution in [0.1, 0.15) is 40.4 Å². The molecule has 1 atom stereocenters. The second-order valence-electron chi connectivity index (χ2n) is 6.12. The Labute approximate surface area is 150 Å². The van der Waals surface area contributed by atoms with E-state index in [0.29, 0.717) is 5.69 Å². The lowest BCUT2D eigenvalue weighted by Crippen LogP contribution is -2.31. The number of amides is 1. The van der Waals surface area contributed by atoms with Gasteiger partial charge in [-0.05, 0) is 60.7 Å². The molecule has 0 aromatic heterocycles. The van der Waals surface area contributed by atoms with Gasteiger partial charge < -0.3 is 20.5 Å². The lowest BCUT2D eigenvalue weighted by atomic mass is 9.87. The first-order valence-electron chi connectivity index (χ1n) is 8.30. The van der Waals surface area contributed by atoms with E-state index in [4.69, 9.17) is 10.5 Å². The van der Waals surface area contributed by atoms with Gasteiger partial charge in [0.25, 0.3) is 5.91 Å². The van der Waals surface area contributed by atoms with Crippen LogP contribution in [0.4, 0.5) is 14.5 Å². The van der Waals surface area contributed by atoms with E-state index in [9.17, 15) is 13.6 Å². The number of nitrogen functional groups attached to an aromatic ring is 1. The highest BCUT2D eigenvalue weighted by atomic mass is 19.3. The van der Waals surface area contributed by atoms with Crippen molar-refractivity contribution in [2.75, 3.05) is 12.8 Å². The van der Waals surface area contributed by atoms with E-state index < -0.39 is 6.61 Å². The van der Waals surface area contributed by atoms with Gasteiger partial charge in [-0.1, -0.05) is 6.07 Å². The Kier molecular flexibility index (Phi) is 5.25. The number of hydrogen-bond donors (Lipinski definition) is 2. The number of nitrogens with two attached hydrogens (primary N) is 1. The third kappa shape index (κ3) is 3.87. The minimum atomic E-state index is -3.00. The van der Waals surface area contributed by atoms with Crippen molar-refractivity contribution in [1.82, 2.24) is 5.32 Å². The van der Waals surface area contributed by atoms with Gasteiger partial charge in [-0.2, -0.15) is 8.78 Å². The molecule has 1 amide bonds. The van der Waals surface area contributed by atoms with Gasteiger partial charge in [-0.3, -0.25) is 4.79 Å². The summed E-state index contributed by atoms with van der Waals surface area (Å²) < 4.78 is 34.5. The molecule has 0 aliphatic heterocycles. The van der Waals surface area contributed by atoms with Crippen LogP contribution in [0.15, 0.2) is 36.4 Å². The monoisotopic (exact) mass is 362 g/mol. The molecule has 1 aliphatic carbocycles. The maximum absolute atomic E-state index is 12.6. The molecule has 0 fully saturated rings. The van der Waals surface area contributed by atoms with Crippen LogP contribution in [0.3, 0.4) is 0 Å². The minimum absolute atomic E-state index is 0.139. The number of anilines is 1. The molecule has 0 heterocycles. The molecular weight excluding hydrogens is 342 g/mol. The normalized spacial score (nSPS) is 16.1. The van der Waals surface area contributed by atoms with Crippen molar-refractivity contribution in [3.63, 3.8) is 0 Å². The van der Waals surface area contributed by atoms with Gasteiger partial charge in [0.2, 0.25) is 0 Å². The van der Waals surface area contributed by atoms with Crippen LogP contribution in [-0.4, -0.2) is 19.6 Å². The van der Waals surface area contributed by atoms with E-state index in [0.717, 1.165) is 30.4 Å². The first-order valence-corrected chi connectivity index (χ1v) is 8.30. The van der Waals surface area contributed by atoms with E-state index in [1.54, 1.807) is 0 Å². The standard InChI is InChI=1S/C19H20F2N2O3/c1-25-16-8-5-12(10-17(16)26-19(20)21)18(24)23-15-4-2-3-11-9-13(22)6-7-14(11)15/h5-10,15,19H,2-4,22H2,1H3,(H,23,24). The Morgan fingerprint density at radius 1 is 1.23 bits per heavy atom. The lowest BCUT2D eigenvalue weighted by Gasteiger charge is -2.26. The van der Waals surface area contributed by atoms with Crippen molar-refractivity contribution in [2.45, 2.75) is 31.9 Å². The largest absolute Gasteiger partial charge is 0.493 e. The molecular formula is C19H20F2N2O3. The van der Waals surface area contributed by atoms with Crippen LogP contribution >= 0.6 is 0 Å². The molecule has 7 heteroatoms. The van der Waals surface area contributed by atoms with Crippen LogP contribution in [0.2, 0.25) is 0 Å². The van der Waals surface area contributed by atoms with Gasteiger partial charge in [0.1, 0.15) is 0 Å². The number of rotatable bonds is 5. The van der Waals surface area contributed by atoms with Gasteiger partial charge in [-0.25, -0.2) is 0 Å². The van der Waals surface area contributed by atoms with E-state index in [2.05, 4.69) is 10.1 Å². The molecule has 0 saturated carbocycles. The van der Waals surface area contributed by atoms with Crippen molar-refractivity contribution < 1.29 is 23.0 Å². The Balaban J connectivity index is 1.81. The van der Waals surface area contributed by atoms with Gasteiger partial charge in [0, 0.05) is 11.3 Å². The van der Waals surface area contributed by atoms with E-state index >= 15 is 0 Å². The average Bonchev–Trinajstić information content (AvgIpc) is 2.61. The zero-order chi connectivity index (χ0) is 18.7. The van der Waals surface area contributed by atoms with Crippen LogP contribution in [-0.2, 0) is 6.42 Å². The predicted molar refractivity (Wildman–Crippen MR) is 93.6 cm³/mol. The summed E-state index contributed by atoms with van der Waals surface area (Å²) in [6, 6.07) is 9.72. The van der Waals surface area contributed by atoms with Crippen LogP contribution < -0.4 is 20.5 Å². The fourth-order valence-electron chi connectivity index (χ4n) is 3.23. The fraction of sp³-hybridized carbons (Fsp3) is 0.316. The second kappa shape index (κ2) is 7.59. The Morgan fingerprint density at radius 3 is 2.77 bits per heavy atom. The summed E-state index contributed by atoms with van der Waals surface area (Å²) >= 11 is 0. The molecule has 0 bridgehead atoms. The van der Waals surface area contributed by atoms with Crippen molar-refractivity contribution in [3.05, 3.63) is 53.1 Å². The first kappa shape index (κ1) is 18.0. The minimum Gasteiger partial charge on any atom is -0.493 e. The molecule has 3 N–H and O–H groups in total. The summed E-state index contributed by atoms with van der Waals surface area (Å²) in [6.45, 7) is -3.00. The number of fused-ring (bicyclic) bond motifs is 1. The summed E-state index contributed by atoms with van der Waals surface area (Å²) in [5, 5.41) is 2.97. The van der Waals surface area contributed by atoms with Crippen LogP contribution in [0.25, 0.3) is 0 Å². The zero-order valence-electron chi connectivity index (χ0n) is 14.3. The predicted octanol–water partition coefficient (Wildman–Crippen LogP) is 3.69. The molecule has 2 aromatic carbocycles. The van der Waals surface area contributed by atoms with Crippen molar-refractivity contribution in [2.24, 2.45) is 0 Å². The Morgan fingerprint density at radius 2 is 2.04 bits per heavy atom. The van der Waals surface area contributed by atoms with Gasteiger partial charge >= 0.3 is 6.61 Å². The smallest absolute Gasteiger partial charge is 0.387 e. The summed E-state index contributed by atoms with van der Waals surface area (Å²) in [5.74, 6) is -0.395. The molecule has 1 unspecified atom stereocenters. The number of benzene rings is 2. The molecule has 3 rings (SSSR count). The summed E-state index contributed by atoms with van der Waals surface area (Å²) in [4.78, 5) is 12.6. The zero-order valence-corrected chi connectivity index (χ0v) is 14.3. The molecule has 5 nitrogen and oxygen atoms in total. The van der Waals surface area contributed by atoms with E-state index in [1.165, 1.54) is 25.3 Å². The van der Waals surface area contributed by atoms with Crippen molar-refractivity contribution in [3.8, 4) is 11.5 Å². The number of halogens is 2. The number of aryl methyl sites for hydroxylation is 1. The third-order valence-electron chi connectivity index (χ3n) is 4.43. The SMILES string of the molecule is COc1ccc(C(=O)NC2CCCc3cc(N)ccc32)cc1OC(F)F. The Hall–Kier alpha value is -2.83. The molecule has 0 radical (unpaired) electrons. The lowest BCUT2D eigenvalue weighted by molar-refractivity contribution is -0.0512. The maximum Gasteiger partial charge on any atom is 0.387 e. The highest BCUT2D eigenvalue weighted by Gasteiger charge is 2.23. The number of carbonyl (C=O) groups is 1. The third-order valence-corrected chi connectivity index (χ3v) is 4.43. The number of alkyl halides is 2. The molecule has 0 spiro atoms. The van der Waals surface area contributed by atoms with E-state index in [1.807, 2.05) is 18.2 Å². The van der Waals surface area contributed by atoms with Crippen LogP contribution in [0.5, 0.6) is 11.5 Å². The number of ether oxygens (including phenoxy) is 2. The average molecular weight is 362 g/mol. The fourth-order valence-corrected chi connectivity index (χ4v) is 3.23. The topological polar surface area (TPSA) is 73.6 Å². The van der Waals surface area contributed by atoms with Crippen LogP contribution in [0, 0.1) is 0 Å². The van der Waals surface area contributed by atoms with Gasteiger partial charge in [-0.15, -0.1) is 0 Å². The maximum atomic E-state index is 12.6. The summed E-state index contributed by atoms with van der Waals surface area (Å²) in [5.41, 5.74) is 8.91. The van der Waals surface area contributed by atoms with Gasteiger partial charge in [0.15, 0.2) is 11.5 Å². The molecule has 1 aliphatic rings. The molecule has 0 saturated heterocycles. The van der Waals surface area contributed by atoms with Crippen molar-refractivity contribution in [1.29, 1.82) is 0 Å². The second-order valence-corrected chi connectivity index (χ2v) is 6.12. The molecule has 26 heavy (non-hydrogen) atoms. The highest BCUT2D eigenvalue weighted by molar-refractivity contribution is 5.95. The molecule has 2 aromatic rings. The number of nitrogens with one attached hydrogen (secondary N) is 1. The van der Waals surface area contributed by atoms with Gasteiger partial charge in [0.05, 0.1) is 13.2 Å². The quantitative estimate of drug-likeness (QED) is 0.796. The van der Waals surface area contributed by atoms with Crippen molar-refractivity contribution >= 4 is 11.6 Å². The van der Waals surface area contributed by atoms with E-state index in [-0.39, 0.29) is 29.0 Å². The summed E-state index contributed by atoms with van der Waals surface area (Å²) in [7, 11) is 1.35. The highest BCUT2D eigenvalue weighted by Crippen LogP contribution is 2.32. The number of hydrogen-bond acceptors (Lipinski definition) is 4. The first-order chi connectivity index (χ1) is 12.5. The molecule has 138 valence electrons. The number of methoxy groups -OCH3 is 1. The number of carbonyl (C=O) groups excluding carboxylic acids is 1.